The number of methoxy groups -OCH3 is 2. The summed E-state index contributed by atoms with van der Waals surface area (Å²) < 4.78 is 14.7. The Kier molecular flexibility index (Phi) is 6.85. The zero-order valence-corrected chi connectivity index (χ0v) is 15.8. The van der Waals surface area contributed by atoms with E-state index in [0.717, 1.165) is 25.3 Å². The third-order valence-corrected chi connectivity index (χ3v) is 3.80. The van der Waals surface area contributed by atoms with Gasteiger partial charge in [-0.05, 0) is 25.1 Å². The van der Waals surface area contributed by atoms with Crippen molar-refractivity contribution in [1.29, 1.82) is 0 Å². The molecule has 0 aromatic heterocycles. The van der Waals surface area contributed by atoms with Gasteiger partial charge in [0.2, 0.25) is 0 Å². The molecule has 0 saturated heterocycles. The highest BCUT2D eigenvalue weighted by atomic mass is 16.6. The van der Waals surface area contributed by atoms with Crippen molar-refractivity contribution in [3.8, 4) is 5.75 Å². The fourth-order valence-electron chi connectivity index (χ4n) is 2.33. The number of amides is 1. The molecule has 10 nitrogen and oxygen atoms in total. The molecule has 0 aliphatic carbocycles. The van der Waals surface area contributed by atoms with E-state index in [-0.39, 0.29) is 11.1 Å². The number of anilines is 1. The maximum atomic E-state index is 12.4. The van der Waals surface area contributed by atoms with Crippen LogP contribution in [0.3, 0.4) is 0 Å². The Labute approximate surface area is 165 Å². The lowest BCUT2D eigenvalue weighted by Crippen LogP contribution is -2.30. The van der Waals surface area contributed by atoms with Crippen molar-refractivity contribution in [2.45, 2.75) is 13.0 Å². The number of benzene rings is 2. The molecule has 1 atom stereocenters. The minimum Gasteiger partial charge on any atom is -0.495 e. The first kappa shape index (κ1) is 21.4. The first-order valence-electron chi connectivity index (χ1n) is 8.29. The molecule has 0 bridgehead atoms. The van der Waals surface area contributed by atoms with Crippen molar-refractivity contribution in [2.24, 2.45) is 0 Å². The van der Waals surface area contributed by atoms with Gasteiger partial charge in [0, 0.05) is 12.1 Å². The fraction of sp³-hybridized carbons (Fsp3) is 0.211. The summed E-state index contributed by atoms with van der Waals surface area (Å²) in [6.07, 6.45) is -1.23. The summed E-state index contributed by atoms with van der Waals surface area (Å²) >= 11 is 0. The zero-order chi connectivity index (χ0) is 21.6. The largest absolute Gasteiger partial charge is 0.495 e. The zero-order valence-electron chi connectivity index (χ0n) is 15.8. The van der Waals surface area contributed by atoms with Crippen LogP contribution in [0.5, 0.6) is 5.75 Å². The highest BCUT2D eigenvalue weighted by Crippen LogP contribution is 2.24. The van der Waals surface area contributed by atoms with E-state index in [1.165, 1.54) is 14.0 Å². The number of esters is 2. The summed E-state index contributed by atoms with van der Waals surface area (Å²) in [5, 5.41) is 13.6. The Balaban J connectivity index is 2.18. The molecule has 1 N–H and O–H groups in total. The SMILES string of the molecule is COC(=O)c1cc(C(=O)O[C@H](C)C(=O)Nc2ccccc2OC)cc([N+](=O)[O-])c1. The van der Waals surface area contributed by atoms with Gasteiger partial charge in [-0.15, -0.1) is 0 Å². The number of nitro benzene ring substituents is 1. The average molecular weight is 402 g/mol. The Bertz CT molecular complexity index is 957. The van der Waals surface area contributed by atoms with Crippen molar-refractivity contribution in [2.75, 3.05) is 19.5 Å². The molecule has 2 aromatic rings. The summed E-state index contributed by atoms with van der Waals surface area (Å²) in [6.45, 7) is 1.33. The van der Waals surface area contributed by atoms with Gasteiger partial charge in [0.25, 0.3) is 11.6 Å². The standard InChI is InChI=1S/C19H18N2O8/c1-11(17(22)20-15-6-4-5-7-16(15)27-2)29-19(24)13-8-12(18(23)28-3)9-14(10-13)21(25)26/h4-11H,1-3H3,(H,20,22)/t11-/m1/s1. The monoisotopic (exact) mass is 402 g/mol. The van der Waals surface area contributed by atoms with Gasteiger partial charge in [-0.1, -0.05) is 12.1 Å². The number of hydrogen-bond acceptors (Lipinski definition) is 8. The predicted octanol–water partition coefficient (Wildman–Crippen LogP) is 2.57. The molecule has 0 saturated carbocycles. The summed E-state index contributed by atoms with van der Waals surface area (Å²) in [7, 11) is 2.54. The summed E-state index contributed by atoms with van der Waals surface area (Å²) in [5.41, 5.74) is -0.575. The van der Waals surface area contributed by atoms with E-state index in [9.17, 15) is 24.5 Å². The molecule has 0 fully saturated rings. The number of hydrogen-bond donors (Lipinski definition) is 1. The van der Waals surface area contributed by atoms with Crippen LogP contribution in [0.1, 0.15) is 27.6 Å². The molecule has 0 heterocycles. The minimum absolute atomic E-state index is 0.195. The van der Waals surface area contributed by atoms with Gasteiger partial charge in [0.1, 0.15) is 5.75 Å². The van der Waals surface area contributed by atoms with Gasteiger partial charge >= 0.3 is 11.9 Å². The van der Waals surface area contributed by atoms with E-state index in [4.69, 9.17) is 9.47 Å². The van der Waals surface area contributed by atoms with Gasteiger partial charge < -0.3 is 19.5 Å². The topological polar surface area (TPSA) is 134 Å². The number of carbonyl (C=O) groups is 3. The normalized spacial score (nSPS) is 11.1. The number of carbonyl (C=O) groups excluding carboxylic acids is 3. The molecule has 2 rings (SSSR count). The van der Waals surface area contributed by atoms with E-state index >= 15 is 0 Å². The molecule has 2 aromatic carbocycles. The van der Waals surface area contributed by atoms with Crippen LogP contribution in [-0.4, -0.2) is 43.1 Å². The van der Waals surface area contributed by atoms with E-state index in [1.807, 2.05) is 0 Å². The Morgan fingerprint density at radius 3 is 2.24 bits per heavy atom. The van der Waals surface area contributed by atoms with Crippen LogP contribution < -0.4 is 10.1 Å². The molecule has 10 heteroatoms. The first-order valence-corrected chi connectivity index (χ1v) is 8.29. The van der Waals surface area contributed by atoms with Crippen molar-refractivity contribution >= 4 is 29.2 Å². The van der Waals surface area contributed by atoms with Crippen LogP contribution in [0.2, 0.25) is 0 Å². The van der Waals surface area contributed by atoms with Crippen LogP contribution in [-0.2, 0) is 14.3 Å². The number of non-ortho nitro benzene ring substituents is 1. The highest BCUT2D eigenvalue weighted by Gasteiger charge is 2.23. The molecule has 0 radical (unpaired) electrons. The number of nitrogens with zero attached hydrogens (tertiary/aromatic N) is 1. The highest BCUT2D eigenvalue weighted by molar-refractivity contribution is 5.99. The maximum Gasteiger partial charge on any atom is 0.339 e. The molecular weight excluding hydrogens is 384 g/mol. The maximum absolute atomic E-state index is 12.4. The summed E-state index contributed by atoms with van der Waals surface area (Å²) in [6, 6.07) is 9.66. The third-order valence-electron chi connectivity index (χ3n) is 3.80. The first-order chi connectivity index (χ1) is 13.8. The smallest absolute Gasteiger partial charge is 0.339 e. The van der Waals surface area contributed by atoms with Crippen LogP contribution in [0.4, 0.5) is 11.4 Å². The second-order valence-corrected chi connectivity index (χ2v) is 5.75. The van der Waals surface area contributed by atoms with Crippen LogP contribution in [0.25, 0.3) is 0 Å². The third kappa shape index (κ3) is 5.28. The van der Waals surface area contributed by atoms with Gasteiger partial charge in [-0.2, -0.15) is 0 Å². The lowest BCUT2D eigenvalue weighted by atomic mass is 10.1. The Morgan fingerprint density at radius 2 is 1.66 bits per heavy atom. The number of ether oxygens (including phenoxy) is 3. The fourth-order valence-corrected chi connectivity index (χ4v) is 2.33. The molecule has 1 amide bonds. The second-order valence-electron chi connectivity index (χ2n) is 5.75. The van der Waals surface area contributed by atoms with Crippen LogP contribution in [0, 0.1) is 10.1 Å². The van der Waals surface area contributed by atoms with Crippen molar-refractivity contribution in [3.63, 3.8) is 0 Å². The van der Waals surface area contributed by atoms with Crippen LogP contribution >= 0.6 is 0 Å². The van der Waals surface area contributed by atoms with E-state index in [1.54, 1.807) is 24.3 Å². The Morgan fingerprint density at radius 1 is 1.03 bits per heavy atom. The quantitative estimate of drug-likeness (QED) is 0.424. The summed E-state index contributed by atoms with van der Waals surface area (Å²) in [4.78, 5) is 46.7. The second kappa shape index (κ2) is 9.31. The predicted molar refractivity (Wildman–Crippen MR) is 101 cm³/mol. The summed E-state index contributed by atoms with van der Waals surface area (Å²) in [5.74, 6) is -2.09. The van der Waals surface area contributed by atoms with E-state index in [0.29, 0.717) is 11.4 Å². The van der Waals surface area contributed by atoms with Crippen LogP contribution in [0.15, 0.2) is 42.5 Å². The van der Waals surface area contributed by atoms with Gasteiger partial charge in [0.15, 0.2) is 6.10 Å². The molecule has 0 aliphatic rings. The lowest BCUT2D eigenvalue weighted by molar-refractivity contribution is -0.384. The van der Waals surface area contributed by atoms with Gasteiger partial charge in [-0.25, -0.2) is 9.59 Å². The lowest BCUT2D eigenvalue weighted by Gasteiger charge is -2.15. The molecule has 0 unspecified atom stereocenters. The van der Waals surface area contributed by atoms with Gasteiger partial charge in [0.05, 0.1) is 36.0 Å². The minimum atomic E-state index is -1.23. The molecule has 0 spiro atoms. The number of nitrogens with one attached hydrogen (secondary N) is 1. The number of para-hydroxylation sites is 2. The van der Waals surface area contributed by atoms with Gasteiger partial charge in [-0.3, -0.25) is 14.9 Å². The van der Waals surface area contributed by atoms with E-state index < -0.39 is 34.6 Å². The van der Waals surface area contributed by atoms with Crippen molar-refractivity contribution < 1.29 is 33.5 Å². The Hall–Kier alpha value is -3.95. The molecule has 152 valence electrons. The molecule has 29 heavy (non-hydrogen) atoms. The van der Waals surface area contributed by atoms with E-state index in [2.05, 4.69) is 10.1 Å². The number of rotatable bonds is 7. The van der Waals surface area contributed by atoms with Crippen molar-refractivity contribution in [3.05, 3.63) is 63.7 Å². The molecule has 0 aliphatic heterocycles. The number of nitro groups is 1. The molecular formula is C19H18N2O8. The average Bonchev–Trinajstić information content (AvgIpc) is 2.72. The van der Waals surface area contributed by atoms with Crippen molar-refractivity contribution in [1.82, 2.24) is 0 Å².